The number of aldehydes is 1. The molecule has 0 radical (unpaired) electrons. The maximum Gasteiger partial charge on any atom is 0.166 e. The molecule has 1 aromatic carbocycles. The van der Waals surface area contributed by atoms with Gasteiger partial charge in [-0.1, -0.05) is 26.0 Å². The van der Waals surface area contributed by atoms with E-state index in [9.17, 15) is 9.59 Å². The van der Waals surface area contributed by atoms with Gasteiger partial charge in [0.05, 0.1) is 0 Å². The zero-order chi connectivity index (χ0) is 10.3. The minimum atomic E-state index is 0.0481. The average Bonchev–Trinajstić information content (AvgIpc) is 2.44. The van der Waals surface area contributed by atoms with Crippen molar-refractivity contribution >= 4 is 12.1 Å². The van der Waals surface area contributed by atoms with Crippen molar-refractivity contribution in [3.05, 3.63) is 34.9 Å². The summed E-state index contributed by atoms with van der Waals surface area (Å²) in [7, 11) is 0. The van der Waals surface area contributed by atoms with Gasteiger partial charge in [0.25, 0.3) is 0 Å². The van der Waals surface area contributed by atoms with Crippen LogP contribution in [0.1, 0.15) is 46.0 Å². The molecule has 0 spiro atoms. The maximum absolute atomic E-state index is 11.7. The number of hydrogen-bond donors (Lipinski definition) is 0. The Balaban J connectivity index is 2.58. The molecule has 1 aromatic rings. The molecule has 2 unspecified atom stereocenters. The van der Waals surface area contributed by atoms with Crippen LogP contribution in [-0.4, -0.2) is 12.1 Å². The van der Waals surface area contributed by atoms with Crippen LogP contribution in [0.15, 0.2) is 18.2 Å². The van der Waals surface area contributed by atoms with Crippen molar-refractivity contribution in [1.82, 2.24) is 0 Å². The fourth-order valence-electron chi connectivity index (χ4n) is 2.00. The topological polar surface area (TPSA) is 34.1 Å². The molecular formula is C12H12O2. The number of rotatable bonds is 1. The molecule has 0 saturated carbocycles. The van der Waals surface area contributed by atoms with Crippen molar-refractivity contribution in [3.8, 4) is 0 Å². The molecule has 0 N–H and O–H groups in total. The van der Waals surface area contributed by atoms with E-state index < -0.39 is 0 Å². The zero-order valence-electron chi connectivity index (χ0n) is 8.28. The summed E-state index contributed by atoms with van der Waals surface area (Å²) in [5.74, 6) is 0.481. The Morgan fingerprint density at radius 2 is 1.93 bits per heavy atom. The number of hydrogen-bond acceptors (Lipinski definition) is 2. The summed E-state index contributed by atoms with van der Waals surface area (Å²) >= 11 is 0. The Kier molecular flexibility index (Phi) is 1.99. The van der Waals surface area contributed by atoms with Crippen LogP contribution in [0.3, 0.4) is 0 Å². The van der Waals surface area contributed by atoms with Gasteiger partial charge in [-0.05, 0) is 17.5 Å². The van der Waals surface area contributed by atoms with Crippen LogP contribution in [-0.2, 0) is 0 Å². The first-order valence-corrected chi connectivity index (χ1v) is 4.78. The maximum atomic E-state index is 11.7. The molecule has 0 amide bonds. The van der Waals surface area contributed by atoms with Gasteiger partial charge in [0.15, 0.2) is 5.78 Å². The van der Waals surface area contributed by atoms with Gasteiger partial charge >= 0.3 is 0 Å². The van der Waals surface area contributed by atoms with Gasteiger partial charge in [0.2, 0.25) is 0 Å². The summed E-state index contributed by atoms with van der Waals surface area (Å²) in [6.07, 6.45) is 0.820. The van der Waals surface area contributed by atoms with Crippen LogP contribution >= 0.6 is 0 Å². The molecule has 0 aliphatic heterocycles. The van der Waals surface area contributed by atoms with E-state index >= 15 is 0 Å². The monoisotopic (exact) mass is 188 g/mol. The third-order valence-electron chi connectivity index (χ3n) is 3.13. The second kappa shape index (κ2) is 3.05. The lowest BCUT2D eigenvalue weighted by Crippen LogP contribution is -2.06. The molecule has 14 heavy (non-hydrogen) atoms. The molecule has 1 aliphatic carbocycles. The van der Waals surface area contributed by atoms with Crippen molar-refractivity contribution in [2.45, 2.75) is 19.8 Å². The number of benzene rings is 1. The van der Waals surface area contributed by atoms with Gasteiger partial charge in [0.1, 0.15) is 6.29 Å². The number of Topliss-reactive ketones (excluding diaryl/α,β-unsaturated/α-hetero) is 1. The summed E-state index contributed by atoms with van der Waals surface area (Å²) in [5, 5.41) is 0. The summed E-state index contributed by atoms with van der Waals surface area (Å²) in [5.41, 5.74) is 2.46. The van der Waals surface area contributed by atoms with Crippen molar-refractivity contribution in [3.63, 3.8) is 0 Å². The number of ketones is 1. The van der Waals surface area contributed by atoms with E-state index in [0.717, 1.165) is 17.4 Å². The highest BCUT2D eigenvalue weighted by Gasteiger charge is 2.33. The van der Waals surface area contributed by atoms with E-state index in [1.165, 1.54) is 0 Å². The lowest BCUT2D eigenvalue weighted by Gasteiger charge is -2.07. The van der Waals surface area contributed by atoms with Crippen LogP contribution in [0.2, 0.25) is 0 Å². The number of carbonyl (C=O) groups excluding carboxylic acids is 2. The molecule has 2 rings (SSSR count). The second-order valence-electron chi connectivity index (χ2n) is 3.91. The summed E-state index contributed by atoms with van der Waals surface area (Å²) < 4.78 is 0. The third-order valence-corrected chi connectivity index (χ3v) is 3.13. The first kappa shape index (κ1) is 9.13. The van der Waals surface area contributed by atoms with Crippen LogP contribution < -0.4 is 0 Å². The van der Waals surface area contributed by atoms with E-state index in [0.29, 0.717) is 5.56 Å². The lowest BCUT2D eigenvalue weighted by molar-refractivity contribution is 0.0936. The SMILES string of the molecule is CC1C(=O)c2ccc(C=O)cc2C1C. The van der Waals surface area contributed by atoms with Crippen molar-refractivity contribution < 1.29 is 9.59 Å². The Morgan fingerprint density at radius 1 is 1.21 bits per heavy atom. The fraction of sp³-hybridized carbons (Fsp3) is 0.333. The lowest BCUT2D eigenvalue weighted by atomic mass is 9.95. The first-order chi connectivity index (χ1) is 6.65. The average molecular weight is 188 g/mol. The van der Waals surface area contributed by atoms with Crippen molar-refractivity contribution in [2.75, 3.05) is 0 Å². The molecule has 2 nitrogen and oxygen atoms in total. The van der Waals surface area contributed by atoms with Gasteiger partial charge in [0, 0.05) is 17.0 Å². The molecule has 0 bridgehead atoms. The van der Waals surface area contributed by atoms with Crippen LogP contribution in [0.25, 0.3) is 0 Å². The van der Waals surface area contributed by atoms with Crippen LogP contribution in [0.5, 0.6) is 0 Å². The molecule has 0 fully saturated rings. The minimum absolute atomic E-state index is 0.0481. The van der Waals surface area contributed by atoms with E-state index in [-0.39, 0.29) is 17.6 Å². The molecule has 2 atom stereocenters. The van der Waals surface area contributed by atoms with Gasteiger partial charge in [-0.3, -0.25) is 9.59 Å². The number of carbonyl (C=O) groups is 2. The normalized spacial score (nSPS) is 24.9. The quantitative estimate of drug-likeness (QED) is 0.634. The Hall–Kier alpha value is -1.44. The third kappa shape index (κ3) is 1.10. The Bertz CT molecular complexity index is 407. The molecule has 72 valence electrons. The van der Waals surface area contributed by atoms with E-state index in [4.69, 9.17) is 0 Å². The highest BCUT2D eigenvalue weighted by atomic mass is 16.1. The van der Waals surface area contributed by atoms with Crippen molar-refractivity contribution in [1.29, 1.82) is 0 Å². The highest BCUT2D eigenvalue weighted by Crippen LogP contribution is 2.37. The van der Waals surface area contributed by atoms with Gasteiger partial charge in [-0.2, -0.15) is 0 Å². The van der Waals surface area contributed by atoms with Gasteiger partial charge in [-0.25, -0.2) is 0 Å². The first-order valence-electron chi connectivity index (χ1n) is 4.78. The molecular weight excluding hydrogens is 176 g/mol. The van der Waals surface area contributed by atoms with Crippen LogP contribution in [0.4, 0.5) is 0 Å². The van der Waals surface area contributed by atoms with E-state index in [1.54, 1.807) is 12.1 Å². The molecule has 2 heteroatoms. The highest BCUT2D eigenvalue weighted by molar-refractivity contribution is 6.03. The summed E-state index contributed by atoms with van der Waals surface area (Å²) in [6.45, 7) is 3.97. The largest absolute Gasteiger partial charge is 0.298 e. The van der Waals surface area contributed by atoms with Gasteiger partial charge in [-0.15, -0.1) is 0 Å². The van der Waals surface area contributed by atoms with Crippen LogP contribution in [0, 0.1) is 5.92 Å². The second-order valence-corrected chi connectivity index (χ2v) is 3.91. The fourth-order valence-corrected chi connectivity index (χ4v) is 2.00. The van der Waals surface area contributed by atoms with E-state index in [1.807, 2.05) is 19.9 Å². The predicted molar refractivity (Wildman–Crippen MR) is 53.7 cm³/mol. The molecule has 0 saturated heterocycles. The molecule has 0 heterocycles. The summed E-state index contributed by atoms with van der Waals surface area (Å²) in [4.78, 5) is 22.3. The minimum Gasteiger partial charge on any atom is -0.298 e. The van der Waals surface area contributed by atoms with E-state index in [2.05, 4.69) is 0 Å². The van der Waals surface area contributed by atoms with Gasteiger partial charge < -0.3 is 0 Å². The smallest absolute Gasteiger partial charge is 0.166 e. The molecule has 0 aromatic heterocycles. The van der Waals surface area contributed by atoms with Crippen molar-refractivity contribution in [2.24, 2.45) is 5.92 Å². The number of fused-ring (bicyclic) bond motifs is 1. The Labute approximate surface area is 82.9 Å². The zero-order valence-corrected chi connectivity index (χ0v) is 8.28. The molecule has 1 aliphatic rings. The standard InChI is InChI=1S/C12H12O2/c1-7-8(2)12(14)10-4-3-9(6-13)5-11(7)10/h3-8H,1-2H3. The predicted octanol–water partition coefficient (Wildman–Crippen LogP) is 2.44. The Morgan fingerprint density at radius 3 is 2.57 bits per heavy atom. The summed E-state index contributed by atoms with van der Waals surface area (Å²) in [6, 6.07) is 5.30.